The molecule has 2 aromatic rings. The maximum atomic E-state index is 11.1. The van der Waals surface area contributed by atoms with E-state index in [1.807, 2.05) is 19.1 Å². The lowest BCUT2D eigenvalue weighted by atomic mass is 10.0. The fourth-order valence-electron chi connectivity index (χ4n) is 3.18. The number of nitrogens with zero attached hydrogens (tertiary/aromatic N) is 4. The topological polar surface area (TPSA) is 93.4 Å². The van der Waals surface area contributed by atoms with Crippen LogP contribution in [0.4, 0.5) is 11.5 Å². The van der Waals surface area contributed by atoms with Gasteiger partial charge in [0.15, 0.2) is 5.82 Å². The van der Waals surface area contributed by atoms with E-state index in [0.29, 0.717) is 18.9 Å². The van der Waals surface area contributed by atoms with Gasteiger partial charge in [-0.2, -0.15) is 5.10 Å². The zero-order valence-electron chi connectivity index (χ0n) is 14.8. The number of hydrogen-bond donors (Lipinski definition) is 1. The number of nitrogens with one attached hydrogen (secondary N) is 1. The molecule has 8 nitrogen and oxygen atoms in total. The minimum absolute atomic E-state index is 0.0788. The molecule has 138 valence electrons. The van der Waals surface area contributed by atoms with E-state index in [-0.39, 0.29) is 16.7 Å². The second kappa shape index (κ2) is 8.57. The summed E-state index contributed by atoms with van der Waals surface area (Å²) < 4.78 is 5.61. The number of non-ortho nitro benzene ring substituents is 1. The Morgan fingerprint density at radius 3 is 3.04 bits per heavy atom. The molecule has 1 aromatic heterocycles. The van der Waals surface area contributed by atoms with E-state index in [9.17, 15) is 10.1 Å². The standard InChI is InChI=1S/C18H23N5O3/c1-2-26-17-8-7-16(23(24)25)11-14(17)12-19-15-5-4-10-22(13-15)18-6-3-9-20-21-18/h3,6-9,11,15,19H,2,4-5,10,12-13H2,1H3. The molecule has 1 aliphatic heterocycles. The first-order valence-corrected chi connectivity index (χ1v) is 8.83. The lowest BCUT2D eigenvalue weighted by Gasteiger charge is -2.33. The number of rotatable bonds is 7. The molecule has 1 fully saturated rings. The van der Waals surface area contributed by atoms with Gasteiger partial charge in [0.25, 0.3) is 5.69 Å². The second-order valence-electron chi connectivity index (χ2n) is 6.23. The molecule has 26 heavy (non-hydrogen) atoms. The molecular formula is C18H23N5O3. The van der Waals surface area contributed by atoms with Crippen molar-refractivity contribution >= 4 is 11.5 Å². The van der Waals surface area contributed by atoms with Crippen molar-refractivity contribution in [1.29, 1.82) is 0 Å². The Kier molecular flexibility index (Phi) is 5.96. The van der Waals surface area contributed by atoms with E-state index in [1.54, 1.807) is 18.3 Å². The molecule has 8 heteroatoms. The fraction of sp³-hybridized carbons (Fsp3) is 0.444. The van der Waals surface area contributed by atoms with E-state index in [0.717, 1.165) is 37.3 Å². The summed E-state index contributed by atoms with van der Waals surface area (Å²) in [6.07, 6.45) is 3.78. The van der Waals surface area contributed by atoms with Gasteiger partial charge in [0.1, 0.15) is 5.75 Å². The van der Waals surface area contributed by atoms with Crippen LogP contribution < -0.4 is 15.0 Å². The number of aromatic nitrogens is 2. The first-order chi connectivity index (χ1) is 12.7. The zero-order chi connectivity index (χ0) is 18.4. The van der Waals surface area contributed by atoms with Crippen LogP contribution in [0.15, 0.2) is 36.5 Å². The van der Waals surface area contributed by atoms with Gasteiger partial charge in [-0.1, -0.05) is 0 Å². The molecule has 3 rings (SSSR count). The van der Waals surface area contributed by atoms with Crippen molar-refractivity contribution in [1.82, 2.24) is 15.5 Å². The van der Waals surface area contributed by atoms with Gasteiger partial charge in [0, 0.05) is 49.6 Å². The summed E-state index contributed by atoms with van der Waals surface area (Å²) in [7, 11) is 0. The number of ether oxygens (including phenoxy) is 1. The van der Waals surface area contributed by atoms with Crippen LogP contribution in [0.2, 0.25) is 0 Å². The highest BCUT2D eigenvalue weighted by atomic mass is 16.6. The Morgan fingerprint density at radius 2 is 2.31 bits per heavy atom. The molecular weight excluding hydrogens is 334 g/mol. The molecule has 1 aliphatic rings. The third-order valence-corrected chi connectivity index (χ3v) is 4.44. The quantitative estimate of drug-likeness (QED) is 0.601. The highest BCUT2D eigenvalue weighted by molar-refractivity contribution is 5.44. The van der Waals surface area contributed by atoms with Crippen molar-refractivity contribution in [2.24, 2.45) is 0 Å². The number of benzene rings is 1. The van der Waals surface area contributed by atoms with E-state index < -0.39 is 0 Å². The van der Waals surface area contributed by atoms with E-state index in [1.165, 1.54) is 6.07 Å². The predicted octanol–water partition coefficient (Wildman–Crippen LogP) is 2.54. The summed E-state index contributed by atoms with van der Waals surface area (Å²) in [6.45, 7) is 4.73. The minimum atomic E-state index is -0.379. The van der Waals surface area contributed by atoms with Crippen molar-refractivity contribution in [3.8, 4) is 5.75 Å². The number of nitro benzene ring substituents is 1. The average Bonchev–Trinajstić information content (AvgIpc) is 2.68. The summed E-state index contributed by atoms with van der Waals surface area (Å²) in [5.74, 6) is 1.57. The van der Waals surface area contributed by atoms with E-state index in [4.69, 9.17) is 4.74 Å². The van der Waals surface area contributed by atoms with Gasteiger partial charge in [-0.05, 0) is 38.0 Å². The molecule has 0 amide bonds. The Balaban J connectivity index is 1.66. The molecule has 0 saturated carbocycles. The van der Waals surface area contributed by atoms with Gasteiger partial charge >= 0.3 is 0 Å². The van der Waals surface area contributed by atoms with Crippen LogP contribution in [0.25, 0.3) is 0 Å². The molecule has 1 atom stereocenters. The Hall–Kier alpha value is -2.74. The molecule has 2 heterocycles. The van der Waals surface area contributed by atoms with Gasteiger partial charge in [0.05, 0.1) is 11.5 Å². The van der Waals surface area contributed by atoms with Crippen LogP contribution in [0.3, 0.4) is 0 Å². The molecule has 0 radical (unpaired) electrons. The third-order valence-electron chi connectivity index (χ3n) is 4.44. The van der Waals surface area contributed by atoms with Crippen molar-refractivity contribution in [2.45, 2.75) is 32.4 Å². The maximum absolute atomic E-state index is 11.1. The van der Waals surface area contributed by atoms with Crippen molar-refractivity contribution in [3.05, 3.63) is 52.2 Å². The number of nitro groups is 1. The highest BCUT2D eigenvalue weighted by Gasteiger charge is 2.21. The van der Waals surface area contributed by atoms with Crippen LogP contribution in [0, 0.1) is 10.1 Å². The number of hydrogen-bond acceptors (Lipinski definition) is 7. The fourth-order valence-corrected chi connectivity index (χ4v) is 3.18. The predicted molar refractivity (Wildman–Crippen MR) is 98.4 cm³/mol. The largest absolute Gasteiger partial charge is 0.494 e. The Labute approximate surface area is 152 Å². The summed E-state index contributed by atoms with van der Waals surface area (Å²) in [6, 6.07) is 8.86. The third kappa shape index (κ3) is 4.45. The molecule has 1 saturated heterocycles. The van der Waals surface area contributed by atoms with Crippen molar-refractivity contribution < 1.29 is 9.66 Å². The summed E-state index contributed by atoms with van der Waals surface area (Å²) >= 11 is 0. The number of anilines is 1. The average molecular weight is 357 g/mol. The monoisotopic (exact) mass is 357 g/mol. The van der Waals surface area contributed by atoms with Crippen LogP contribution in [0.5, 0.6) is 5.75 Å². The van der Waals surface area contributed by atoms with Gasteiger partial charge in [-0.15, -0.1) is 5.10 Å². The Bertz CT molecular complexity index is 741. The van der Waals surface area contributed by atoms with Crippen molar-refractivity contribution in [3.63, 3.8) is 0 Å². The van der Waals surface area contributed by atoms with Gasteiger partial charge in [-0.3, -0.25) is 10.1 Å². The minimum Gasteiger partial charge on any atom is -0.494 e. The zero-order valence-corrected chi connectivity index (χ0v) is 14.8. The molecule has 0 spiro atoms. The second-order valence-corrected chi connectivity index (χ2v) is 6.23. The molecule has 1 N–H and O–H groups in total. The summed E-state index contributed by atoms with van der Waals surface area (Å²) in [5.41, 5.74) is 0.882. The van der Waals surface area contributed by atoms with Crippen LogP contribution in [0.1, 0.15) is 25.3 Å². The number of piperidine rings is 1. The van der Waals surface area contributed by atoms with E-state index >= 15 is 0 Å². The van der Waals surface area contributed by atoms with Crippen molar-refractivity contribution in [2.75, 3.05) is 24.6 Å². The molecule has 1 unspecified atom stereocenters. The van der Waals surface area contributed by atoms with Crippen LogP contribution in [-0.2, 0) is 6.54 Å². The van der Waals surface area contributed by atoms with Gasteiger partial charge in [-0.25, -0.2) is 0 Å². The lowest BCUT2D eigenvalue weighted by molar-refractivity contribution is -0.384. The van der Waals surface area contributed by atoms with Gasteiger partial charge < -0.3 is 15.0 Å². The smallest absolute Gasteiger partial charge is 0.270 e. The van der Waals surface area contributed by atoms with Crippen LogP contribution >= 0.6 is 0 Å². The first-order valence-electron chi connectivity index (χ1n) is 8.83. The molecule has 0 bridgehead atoms. The van der Waals surface area contributed by atoms with Crippen LogP contribution in [-0.4, -0.2) is 40.9 Å². The highest BCUT2D eigenvalue weighted by Crippen LogP contribution is 2.25. The first kappa shape index (κ1) is 18.1. The van der Waals surface area contributed by atoms with E-state index in [2.05, 4.69) is 20.4 Å². The normalized spacial score (nSPS) is 17.1. The molecule has 0 aliphatic carbocycles. The summed E-state index contributed by atoms with van der Waals surface area (Å²) in [4.78, 5) is 12.9. The Morgan fingerprint density at radius 1 is 1.42 bits per heavy atom. The SMILES string of the molecule is CCOc1ccc([N+](=O)[O-])cc1CNC1CCCN(c2cccnn2)C1. The summed E-state index contributed by atoms with van der Waals surface area (Å²) in [5, 5.41) is 22.7. The van der Waals surface area contributed by atoms with Gasteiger partial charge in [0.2, 0.25) is 0 Å². The lowest BCUT2D eigenvalue weighted by Crippen LogP contribution is -2.45. The maximum Gasteiger partial charge on any atom is 0.270 e. The molecule has 1 aromatic carbocycles.